The fourth-order valence-corrected chi connectivity index (χ4v) is 2.24. The number of aliphatic hydroxyl groups excluding tert-OH is 1. The lowest BCUT2D eigenvalue weighted by atomic mass is 10.5. The van der Waals surface area contributed by atoms with Gasteiger partial charge in [-0.15, -0.1) is 0 Å². The average molecular weight is 272 g/mol. The lowest BCUT2D eigenvalue weighted by Crippen LogP contribution is -2.23. The molecule has 0 unspecified atom stereocenters. The number of nitrogens with one attached hydrogen (secondary N) is 1. The molecule has 2 aromatic heterocycles. The summed E-state index contributed by atoms with van der Waals surface area (Å²) in [6, 6.07) is 1.57. The van der Waals surface area contributed by atoms with E-state index in [1.54, 1.807) is 6.07 Å². The molecular formula is C9H12N4O4S. The van der Waals surface area contributed by atoms with E-state index in [-0.39, 0.29) is 24.6 Å². The molecule has 2 heterocycles. The maximum absolute atomic E-state index is 11.9. The van der Waals surface area contributed by atoms with Gasteiger partial charge in [-0.2, -0.15) is 5.10 Å². The third-order valence-electron chi connectivity index (χ3n) is 2.18. The van der Waals surface area contributed by atoms with Crippen LogP contribution in [0.2, 0.25) is 0 Å². The predicted octanol–water partition coefficient (Wildman–Crippen LogP) is -0.658. The molecule has 0 amide bonds. The van der Waals surface area contributed by atoms with Crippen molar-refractivity contribution < 1.29 is 18.0 Å². The van der Waals surface area contributed by atoms with Crippen molar-refractivity contribution in [1.29, 1.82) is 0 Å². The summed E-state index contributed by atoms with van der Waals surface area (Å²) in [5.74, 6) is 0. The highest BCUT2D eigenvalue weighted by molar-refractivity contribution is 7.89. The maximum Gasteiger partial charge on any atom is 0.244 e. The van der Waals surface area contributed by atoms with Gasteiger partial charge in [0.05, 0.1) is 31.6 Å². The number of hydrogen-bond acceptors (Lipinski definition) is 6. The molecule has 0 aliphatic heterocycles. The van der Waals surface area contributed by atoms with Crippen molar-refractivity contribution in [2.75, 3.05) is 6.61 Å². The molecule has 18 heavy (non-hydrogen) atoms. The fraction of sp³-hybridized carbons (Fsp3) is 0.333. The van der Waals surface area contributed by atoms with Crippen LogP contribution in [0.15, 0.2) is 34.1 Å². The first-order valence-corrected chi connectivity index (χ1v) is 6.62. The van der Waals surface area contributed by atoms with Crippen molar-refractivity contribution in [2.24, 2.45) is 0 Å². The minimum Gasteiger partial charge on any atom is -0.394 e. The average Bonchev–Trinajstić information content (AvgIpc) is 2.98. The Morgan fingerprint density at radius 2 is 2.33 bits per heavy atom. The summed E-state index contributed by atoms with van der Waals surface area (Å²) in [6.45, 7) is 0.191. The molecular weight excluding hydrogens is 260 g/mol. The van der Waals surface area contributed by atoms with E-state index in [1.165, 1.54) is 23.3 Å². The Kier molecular flexibility index (Phi) is 3.75. The standard InChI is InChI=1S/C9H12N4O4S/c14-3-2-13-7-9(6-10-13)18(15,16)11-5-8-1-4-17-12-8/h1,4,6-7,11,14H,2-3,5H2. The highest BCUT2D eigenvalue weighted by Gasteiger charge is 2.16. The predicted molar refractivity (Wildman–Crippen MR) is 59.8 cm³/mol. The van der Waals surface area contributed by atoms with Gasteiger partial charge in [-0.05, 0) is 0 Å². The van der Waals surface area contributed by atoms with Crippen molar-refractivity contribution >= 4 is 10.0 Å². The van der Waals surface area contributed by atoms with Gasteiger partial charge in [0.25, 0.3) is 0 Å². The van der Waals surface area contributed by atoms with Crippen molar-refractivity contribution in [3.8, 4) is 0 Å². The van der Waals surface area contributed by atoms with E-state index in [2.05, 4.69) is 19.5 Å². The summed E-state index contributed by atoms with van der Waals surface area (Å²) in [5.41, 5.74) is 0.487. The molecule has 0 radical (unpaired) electrons. The minimum atomic E-state index is -3.63. The monoisotopic (exact) mass is 272 g/mol. The van der Waals surface area contributed by atoms with Crippen LogP contribution in [0.1, 0.15) is 5.69 Å². The lowest BCUT2D eigenvalue weighted by molar-refractivity contribution is 0.269. The summed E-state index contributed by atoms with van der Waals surface area (Å²) >= 11 is 0. The van der Waals surface area contributed by atoms with Gasteiger partial charge in [0.15, 0.2) is 0 Å². The minimum absolute atomic E-state index is 0.0412. The number of aliphatic hydroxyl groups is 1. The molecule has 0 spiro atoms. The van der Waals surface area contributed by atoms with Crippen LogP contribution >= 0.6 is 0 Å². The summed E-state index contributed by atoms with van der Waals surface area (Å²) in [5, 5.41) is 16.1. The van der Waals surface area contributed by atoms with E-state index >= 15 is 0 Å². The maximum atomic E-state index is 11.9. The van der Waals surface area contributed by atoms with Crippen LogP contribution in [-0.2, 0) is 23.1 Å². The van der Waals surface area contributed by atoms with Crippen LogP contribution < -0.4 is 4.72 Å². The van der Waals surface area contributed by atoms with Crippen LogP contribution in [0.25, 0.3) is 0 Å². The zero-order valence-electron chi connectivity index (χ0n) is 9.35. The quantitative estimate of drug-likeness (QED) is 0.722. The van der Waals surface area contributed by atoms with Gasteiger partial charge < -0.3 is 9.63 Å². The molecule has 0 aromatic carbocycles. The van der Waals surface area contributed by atoms with Crippen molar-refractivity contribution in [3.63, 3.8) is 0 Å². The molecule has 2 rings (SSSR count). The number of sulfonamides is 1. The Morgan fingerprint density at radius 1 is 1.50 bits per heavy atom. The molecule has 8 nitrogen and oxygen atoms in total. The molecule has 0 fully saturated rings. The summed E-state index contributed by atoms with van der Waals surface area (Å²) < 4.78 is 32.0. The second-order valence-corrected chi connectivity index (χ2v) is 5.25. The molecule has 2 N–H and O–H groups in total. The van der Waals surface area contributed by atoms with Crippen molar-refractivity contribution in [3.05, 3.63) is 30.4 Å². The zero-order chi connectivity index (χ0) is 13.0. The first-order chi connectivity index (χ1) is 8.62. The van der Waals surface area contributed by atoms with Gasteiger partial charge in [-0.25, -0.2) is 13.1 Å². The molecule has 9 heteroatoms. The number of hydrogen-bond donors (Lipinski definition) is 2. The number of aromatic nitrogens is 3. The van der Waals surface area contributed by atoms with E-state index in [0.717, 1.165) is 0 Å². The normalized spacial score (nSPS) is 11.8. The summed E-state index contributed by atoms with van der Waals surface area (Å²) in [7, 11) is -3.63. The Labute approximate surface area is 103 Å². The van der Waals surface area contributed by atoms with Crippen LogP contribution in [-0.4, -0.2) is 35.1 Å². The summed E-state index contributed by atoms with van der Waals surface area (Å²) in [6.07, 6.45) is 3.94. The van der Waals surface area contributed by atoms with Gasteiger partial charge in [0, 0.05) is 12.3 Å². The Balaban J connectivity index is 2.05. The Hall–Kier alpha value is -1.71. The molecule has 0 aliphatic carbocycles. The number of nitrogens with zero attached hydrogens (tertiary/aromatic N) is 3. The fourth-order valence-electron chi connectivity index (χ4n) is 1.29. The van der Waals surface area contributed by atoms with Crippen LogP contribution in [0.3, 0.4) is 0 Å². The highest BCUT2D eigenvalue weighted by atomic mass is 32.2. The molecule has 0 saturated heterocycles. The molecule has 0 bridgehead atoms. The number of rotatable bonds is 6. The van der Waals surface area contributed by atoms with Gasteiger partial charge >= 0.3 is 0 Å². The van der Waals surface area contributed by atoms with E-state index in [1.807, 2.05) is 0 Å². The lowest BCUT2D eigenvalue weighted by Gasteiger charge is -2.01. The van der Waals surface area contributed by atoms with Crippen LogP contribution in [0.5, 0.6) is 0 Å². The molecule has 0 atom stereocenters. The van der Waals surface area contributed by atoms with Gasteiger partial charge in [0.2, 0.25) is 10.0 Å². The Morgan fingerprint density at radius 3 is 3.00 bits per heavy atom. The second kappa shape index (κ2) is 5.29. The van der Waals surface area contributed by atoms with E-state index in [4.69, 9.17) is 5.11 Å². The van der Waals surface area contributed by atoms with Crippen molar-refractivity contribution in [1.82, 2.24) is 19.7 Å². The molecule has 2 aromatic rings. The van der Waals surface area contributed by atoms with Crippen molar-refractivity contribution in [2.45, 2.75) is 18.0 Å². The molecule has 0 aliphatic rings. The van der Waals surface area contributed by atoms with E-state index < -0.39 is 10.0 Å². The largest absolute Gasteiger partial charge is 0.394 e. The SMILES string of the molecule is O=S(=O)(NCc1ccon1)c1cnn(CCO)c1. The molecule has 0 saturated carbocycles. The topological polar surface area (TPSA) is 110 Å². The highest BCUT2D eigenvalue weighted by Crippen LogP contribution is 2.07. The van der Waals surface area contributed by atoms with Gasteiger partial charge in [-0.1, -0.05) is 5.16 Å². The molecule has 98 valence electrons. The zero-order valence-corrected chi connectivity index (χ0v) is 10.2. The van der Waals surface area contributed by atoms with Crippen LogP contribution in [0.4, 0.5) is 0 Å². The van der Waals surface area contributed by atoms with Crippen LogP contribution in [0, 0.1) is 0 Å². The third kappa shape index (κ3) is 2.94. The first-order valence-electron chi connectivity index (χ1n) is 5.14. The smallest absolute Gasteiger partial charge is 0.244 e. The first kappa shape index (κ1) is 12.7. The Bertz CT molecular complexity index is 590. The van der Waals surface area contributed by atoms with Gasteiger partial charge in [-0.3, -0.25) is 4.68 Å². The van der Waals surface area contributed by atoms with Gasteiger partial charge in [0.1, 0.15) is 11.2 Å². The second-order valence-electron chi connectivity index (χ2n) is 3.48. The van der Waals surface area contributed by atoms with E-state index in [0.29, 0.717) is 5.69 Å². The van der Waals surface area contributed by atoms with E-state index in [9.17, 15) is 8.42 Å². The third-order valence-corrected chi connectivity index (χ3v) is 3.54. The summed E-state index contributed by atoms with van der Waals surface area (Å²) in [4.78, 5) is 0.0412.